The average Bonchev–Trinajstić information content (AvgIpc) is 3.40. The zero-order valence-electron chi connectivity index (χ0n) is 13.3. The number of hydrogen-bond acceptors (Lipinski definition) is 6. The minimum absolute atomic E-state index is 0.0281. The van der Waals surface area contributed by atoms with Crippen LogP contribution in [0, 0.1) is 0 Å². The molecule has 0 N–H and O–H groups in total. The minimum Gasteiger partial charge on any atom is -0.468 e. The number of rotatable bonds is 7. The van der Waals surface area contributed by atoms with Gasteiger partial charge in [0, 0.05) is 11.7 Å². The molecular weight excluding hydrogens is 340 g/mol. The van der Waals surface area contributed by atoms with Gasteiger partial charge in [-0.25, -0.2) is 0 Å². The molecule has 2 aromatic heterocycles. The summed E-state index contributed by atoms with van der Waals surface area (Å²) >= 11 is 1.65. The summed E-state index contributed by atoms with van der Waals surface area (Å²) in [6.45, 7) is 0.230. The van der Waals surface area contributed by atoms with Crippen molar-refractivity contribution < 1.29 is 23.1 Å². The van der Waals surface area contributed by atoms with Crippen LogP contribution in [-0.4, -0.2) is 12.6 Å². The van der Waals surface area contributed by atoms with Gasteiger partial charge in [-0.2, -0.15) is 0 Å². The van der Waals surface area contributed by atoms with Crippen molar-refractivity contribution in [3.05, 3.63) is 72.1 Å². The van der Waals surface area contributed by atoms with Crippen LogP contribution in [0.3, 0.4) is 0 Å². The lowest BCUT2D eigenvalue weighted by molar-refractivity contribution is 0.0955. The number of carbonyl (C=O) groups is 1. The molecule has 6 heteroatoms. The molecule has 0 saturated heterocycles. The third-order valence-corrected chi connectivity index (χ3v) is 5.23. The number of ether oxygens (including phenoxy) is 2. The molecule has 0 amide bonds. The molecule has 1 aromatic carbocycles. The lowest BCUT2D eigenvalue weighted by Gasteiger charge is -2.16. The zero-order chi connectivity index (χ0) is 17.1. The van der Waals surface area contributed by atoms with Gasteiger partial charge in [-0.05, 0) is 42.0 Å². The van der Waals surface area contributed by atoms with E-state index in [0.717, 1.165) is 17.1 Å². The Kier molecular flexibility index (Phi) is 4.52. The summed E-state index contributed by atoms with van der Waals surface area (Å²) in [5, 5.41) is -0.0443. The number of fused-ring (bicyclic) bond motifs is 1. The zero-order valence-corrected chi connectivity index (χ0v) is 14.2. The SMILES string of the molecule is O=C(C[C@H](SCc1ccco1)c1ccc2c(c1)OCO2)c1ccco1. The molecule has 0 aliphatic carbocycles. The van der Waals surface area contributed by atoms with Crippen molar-refractivity contribution in [2.75, 3.05) is 6.79 Å². The topological polar surface area (TPSA) is 61.8 Å². The molecule has 0 unspecified atom stereocenters. The van der Waals surface area contributed by atoms with Crippen molar-refractivity contribution in [1.82, 2.24) is 0 Å². The fraction of sp³-hybridized carbons (Fsp3) is 0.211. The van der Waals surface area contributed by atoms with Crippen molar-refractivity contribution >= 4 is 17.5 Å². The van der Waals surface area contributed by atoms with E-state index in [-0.39, 0.29) is 17.8 Å². The van der Waals surface area contributed by atoms with Gasteiger partial charge in [0.1, 0.15) is 5.76 Å². The predicted octanol–water partition coefficient (Wildman–Crippen LogP) is 4.85. The van der Waals surface area contributed by atoms with Gasteiger partial charge in [0.15, 0.2) is 23.0 Å². The Balaban J connectivity index is 1.55. The molecule has 1 atom stereocenters. The number of carbonyl (C=O) groups excluding carboxylic acids is 1. The first-order valence-corrected chi connectivity index (χ1v) is 8.95. The van der Waals surface area contributed by atoms with Gasteiger partial charge < -0.3 is 18.3 Å². The monoisotopic (exact) mass is 356 g/mol. The number of benzene rings is 1. The standard InChI is InChI=1S/C19H16O5S/c20-15(16-4-2-8-22-16)10-19(25-11-14-3-1-7-21-14)13-5-6-17-18(9-13)24-12-23-17/h1-9,19H,10-12H2/t19-/m0/s1. The summed E-state index contributed by atoms with van der Waals surface area (Å²) in [6.07, 6.45) is 3.50. The van der Waals surface area contributed by atoms with E-state index in [1.165, 1.54) is 6.26 Å². The minimum atomic E-state index is -0.0443. The van der Waals surface area contributed by atoms with Crippen molar-refractivity contribution in [3.63, 3.8) is 0 Å². The summed E-state index contributed by atoms with van der Waals surface area (Å²) in [6, 6.07) is 13.0. The number of hydrogen-bond donors (Lipinski definition) is 0. The van der Waals surface area contributed by atoms with Crippen LogP contribution < -0.4 is 9.47 Å². The summed E-state index contributed by atoms with van der Waals surface area (Å²) < 4.78 is 21.5. The first-order chi connectivity index (χ1) is 12.3. The van der Waals surface area contributed by atoms with Crippen LogP contribution in [0.4, 0.5) is 0 Å². The molecule has 128 valence electrons. The Morgan fingerprint density at radius 3 is 2.68 bits per heavy atom. The molecule has 0 fully saturated rings. The van der Waals surface area contributed by atoms with Crippen molar-refractivity contribution in [3.8, 4) is 11.5 Å². The van der Waals surface area contributed by atoms with E-state index in [0.29, 0.717) is 23.7 Å². The van der Waals surface area contributed by atoms with Crippen LogP contribution in [0.5, 0.6) is 11.5 Å². The fourth-order valence-electron chi connectivity index (χ4n) is 2.67. The van der Waals surface area contributed by atoms with Crippen LogP contribution in [-0.2, 0) is 5.75 Å². The lowest BCUT2D eigenvalue weighted by Crippen LogP contribution is -2.05. The highest BCUT2D eigenvalue weighted by Gasteiger charge is 2.23. The molecule has 1 aliphatic rings. The maximum atomic E-state index is 12.5. The van der Waals surface area contributed by atoms with E-state index in [2.05, 4.69) is 0 Å². The Labute approximate surface area is 148 Å². The summed E-state index contributed by atoms with van der Waals surface area (Å²) in [7, 11) is 0. The van der Waals surface area contributed by atoms with Gasteiger partial charge in [0.25, 0.3) is 0 Å². The largest absolute Gasteiger partial charge is 0.468 e. The molecule has 0 spiro atoms. The summed E-state index contributed by atoms with van der Waals surface area (Å²) in [4.78, 5) is 12.5. The predicted molar refractivity (Wildman–Crippen MR) is 93.0 cm³/mol. The Hall–Kier alpha value is -2.60. The van der Waals surface area contributed by atoms with Crippen LogP contribution in [0.2, 0.25) is 0 Å². The number of Topliss-reactive ketones (excluding diaryl/α,β-unsaturated/α-hetero) is 1. The molecule has 0 radical (unpaired) electrons. The Morgan fingerprint density at radius 1 is 1.04 bits per heavy atom. The second-order valence-corrected chi connectivity index (χ2v) is 6.79. The van der Waals surface area contributed by atoms with Gasteiger partial charge in [-0.15, -0.1) is 11.8 Å². The van der Waals surface area contributed by atoms with Crippen molar-refractivity contribution in [2.45, 2.75) is 17.4 Å². The molecule has 3 aromatic rings. The third-order valence-electron chi connectivity index (χ3n) is 3.94. The third kappa shape index (κ3) is 3.58. The van der Waals surface area contributed by atoms with E-state index in [9.17, 15) is 4.79 Å². The maximum Gasteiger partial charge on any atom is 0.231 e. The molecule has 0 bridgehead atoms. The fourth-order valence-corrected chi connectivity index (χ4v) is 3.81. The highest BCUT2D eigenvalue weighted by molar-refractivity contribution is 7.98. The van der Waals surface area contributed by atoms with Crippen molar-refractivity contribution in [2.24, 2.45) is 0 Å². The quantitative estimate of drug-likeness (QED) is 0.564. The van der Waals surface area contributed by atoms with E-state index < -0.39 is 0 Å². The van der Waals surface area contributed by atoms with E-state index in [4.69, 9.17) is 18.3 Å². The molecule has 0 saturated carbocycles. The molecule has 25 heavy (non-hydrogen) atoms. The van der Waals surface area contributed by atoms with Crippen LogP contribution >= 0.6 is 11.8 Å². The number of thioether (sulfide) groups is 1. The lowest BCUT2D eigenvalue weighted by atomic mass is 10.1. The Bertz CT molecular complexity index is 839. The second-order valence-electron chi connectivity index (χ2n) is 5.60. The van der Waals surface area contributed by atoms with Gasteiger partial charge in [-0.3, -0.25) is 4.79 Å². The van der Waals surface area contributed by atoms with Crippen LogP contribution in [0.1, 0.15) is 33.5 Å². The van der Waals surface area contributed by atoms with E-state index in [1.807, 2.05) is 30.3 Å². The van der Waals surface area contributed by atoms with E-state index in [1.54, 1.807) is 30.2 Å². The summed E-state index contributed by atoms with van der Waals surface area (Å²) in [5.74, 6) is 3.35. The van der Waals surface area contributed by atoms with Crippen LogP contribution in [0.25, 0.3) is 0 Å². The van der Waals surface area contributed by atoms with Gasteiger partial charge >= 0.3 is 0 Å². The number of furan rings is 2. The first kappa shape index (κ1) is 15.9. The molecule has 5 nitrogen and oxygen atoms in total. The van der Waals surface area contributed by atoms with Crippen LogP contribution in [0.15, 0.2) is 63.8 Å². The smallest absolute Gasteiger partial charge is 0.231 e. The highest BCUT2D eigenvalue weighted by atomic mass is 32.2. The summed E-state index contributed by atoms with van der Waals surface area (Å²) in [5.41, 5.74) is 1.01. The molecule has 3 heterocycles. The van der Waals surface area contributed by atoms with Gasteiger partial charge in [0.05, 0.1) is 18.3 Å². The average molecular weight is 356 g/mol. The Morgan fingerprint density at radius 2 is 1.88 bits per heavy atom. The van der Waals surface area contributed by atoms with Gasteiger partial charge in [-0.1, -0.05) is 6.07 Å². The second kappa shape index (κ2) is 7.11. The highest BCUT2D eigenvalue weighted by Crippen LogP contribution is 2.41. The van der Waals surface area contributed by atoms with Crippen molar-refractivity contribution in [1.29, 1.82) is 0 Å². The normalized spacial score (nSPS) is 13.8. The number of ketones is 1. The first-order valence-electron chi connectivity index (χ1n) is 7.90. The maximum absolute atomic E-state index is 12.5. The van der Waals surface area contributed by atoms with E-state index >= 15 is 0 Å². The molecule has 1 aliphatic heterocycles. The molecular formula is C19H16O5S. The molecule has 4 rings (SSSR count). The van der Waals surface area contributed by atoms with Gasteiger partial charge in [0.2, 0.25) is 6.79 Å².